The number of para-hydroxylation sites is 1. The van der Waals surface area contributed by atoms with Crippen molar-refractivity contribution in [3.63, 3.8) is 0 Å². The van der Waals surface area contributed by atoms with Crippen molar-refractivity contribution in [1.29, 1.82) is 0 Å². The second kappa shape index (κ2) is 5.32. The maximum absolute atomic E-state index is 12.8. The molecule has 1 N–H and O–H groups in total. The topological polar surface area (TPSA) is 32.9 Å². The Kier molecular flexibility index (Phi) is 3.64. The van der Waals surface area contributed by atoms with Crippen molar-refractivity contribution in [1.82, 2.24) is 4.98 Å². The number of nitrogens with one attached hydrogen (secondary N) is 1. The Morgan fingerprint density at radius 1 is 1.10 bits per heavy atom. The molecule has 0 aliphatic heterocycles. The molecule has 2 heteroatoms. The fraction of sp³-hybridized carbons (Fsp3) is 0.526. The first-order chi connectivity index (χ1) is 9.97. The van der Waals surface area contributed by atoms with E-state index in [9.17, 15) is 4.79 Å². The van der Waals surface area contributed by atoms with Gasteiger partial charge in [0.25, 0.3) is 0 Å². The quantitative estimate of drug-likeness (QED) is 0.755. The zero-order chi connectivity index (χ0) is 15.0. The number of hydrogen-bond acceptors (Lipinski definition) is 1. The van der Waals surface area contributed by atoms with Crippen LogP contribution in [0.3, 0.4) is 0 Å². The van der Waals surface area contributed by atoms with Gasteiger partial charge in [-0.3, -0.25) is 4.79 Å². The second-order valence-corrected chi connectivity index (χ2v) is 7.53. The van der Waals surface area contributed by atoms with E-state index in [0.717, 1.165) is 35.2 Å². The van der Waals surface area contributed by atoms with Gasteiger partial charge in [-0.2, -0.15) is 0 Å². The molecular weight excluding hydrogens is 258 g/mol. The minimum absolute atomic E-state index is 0.211. The lowest BCUT2D eigenvalue weighted by Gasteiger charge is -2.36. The Hall–Kier alpha value is -1.57. The molecule has 2 nitrogen and oxygen atoms in total. The summed E-state index contributed by atoms with van der Waals surface area (Å²) in [6.07, 6.45) is 6.34. The predicted molar refractivity (Wildman–Crippen MR) is 87.5 cm³/mol. The zero-order valence-electron chi connectivity index (χ0n) is 13.3. The molecule has 0 atom stereocenters. The predicted octanol–water partition coefficient (Wildman–Crippen LogP) is 5.20. The van der Waals surface area contributed by atoms with E-state index in [1.165, 1.54) is 12.8 Å². The Morgan fingerprint density at radius 2 is 1.76 bits per heavy atom. The van der Waals surface area contributed by atoms with Crippen molar-refractivity contribution in [3.8, 4) is 0 Å². The first kappa shape index (κ1) is 14.4. The van der Waals surface area contributed by atoms with E-state index in [-0.39, 0.29) is 5.92 Å². The second-order valence-electron chi connectivity index (χ2n) is 7.53. The highest BCUT2D eigenvalue weighted by molar-refractivity contribution is 6.08. The molecule has 0 bridgehead atoms. The van der Waals surface area contributed by atoms with Crippen LogP contribution in [0.5, 0.6) is 0 Å². The van der Waals surface area contributed by atoms with Gasteiger partial charge in [0.1, 0.15) is 0 Å². The number of ketones is 1. The lowest BCUT2D eigenvalue weighted by molar-refractivity contribution is 0.0821. The minimum atomic E-state index is 0.211. The number of benzene rings is 1. The van der Waals surface area contributed by atoms with Crippen molar-refractivity contribution in [2.24, 2.45) is 17.3 Å². The first-order valence-corrected chi connectivity index (χ1v) is 8.07. The molecule has 0 radical (unpaired) electrons. The molecule has 1 aromatic carbocycles. The molecule has 0 unspecified atom stereocenters. The summed E-state index contributed by atoms with van der Waals surface area (Å²) in [7, 11) is 0. The molecule has 1 aliphatic rings. The third-order valence-corrected chi connectivity index (χ3v) is 5.18. The van der Waals surface area contributed by atoms with Crippen molar-refractivity contribution < 1.29 is 4.79 Å². The van der Waals surface area contributed by atoms with Crippen LogP contribution in [0.4, 0.5) is 0 Å². The van der Waals surface area contributed by atoms with E-state index >= 15 is 0 Å². The smallest absolute Gasteiger partial charge is 0.168 e. The number of Topliss-reactive ketones (excluding diaryl/α,β-unsaturated/α-hetero) is 1. The Bertz CT molecular complexity index is 639. The zero-order valence-corrected chi connectivity index (χ0v) is 13.3. The summed E-state index contributed by atoms with van der Waals surface area (Å²) in [6.45, 7) is 6.96. The molecule has 1 heterocycles. The molecule has 1 aliphatic carbocycles. The van der Waals surface area contributed by atoms with Gasteiger partial charge in [-0.05, 0) is 43.1 Å². The molecule has 21 heavy (non-hydrogen) atoms. The first-order valence-electron chi connectivity index (χ1n) is 8.07. The summed E-state index contributed by atoms with van der Waals surface area (Å²) < 4.78 is 0. The average molecular weight is 283 g/mol. The van der Waals surface area contributed by atoms with Crippen LogP contribution in [-0.2, 0) is 0 Å². The highest BCUT2D eigenvalue weighted by atomic mass is 16.1. The number of rotatable bonds is 2. The van der Waals surface area contributed by atoms with Crippen LogP contribution in [-0.4, -0.2) is 10.8 Å². The van der Waals surface area contributed by atoms with Crippen LogP contribution < -0.4 is 0 Å². The number of fused-ring (bicyclic) bond motifs is 1. The van der Waals surface area contributed by atoms with E-state index in [4.69, 9.17) is 0 Å². The van der Waals surface area contributed by atoms with Gasteiger partial charge < -0.3 is 4.98 Å². The van der Waals surface area contributed by atoms with Crippen LogP contribution in [0.15, 0.2) is 30.5 Å². The third-order valence-electron chi connectivity index (χ3n) is 5.18. The van der Waals surface area contributed by atoms with Gasteiger partial charge >= 0.3 is 0 Å². The Labute approximate surface area is 126 Å². The fourth-order valence-corrected chi connectivity index (χ4v) is 3.72. The summed E-state index contributed by atoms with van der Waals surface area (Å²) in [5.41, 5.74) is 2.31. The highest BCUT2D eigenvalue weighted by Crippen LogP contribution is 2.41. The van der Waals surface area contributed by atoms with Crippen LogP contribution in [0.25, 0.3) is 10.9 Å². The SMILES string of the molecule is CC(C)(C)C1CCC(C(=O)c2c[nH]c3ccccc23)CC1. The number of aromatic nitrogens is 1. The average Bonchev–Trinajstić information content (AvgIpc) is 2.90. The largest absolute Gasteiger partial charge is 0.360 e. The molecule has 1 saturated carbocycles. The van der Waals surface area contributed by atoms with E-state index in [1.807, 2.05) is 30.5 Å². The minimum Gasteiger partial charge on any atom is -0.360 e. The lowest BCUT2D eigenvalue weighted by atomic mass is 9.69. The molecule has 0 saturated heterocycles. The van der Waals surface area contributed by atoms with E-state index in [2.05, 4.69) is 25.8 Å². The number of aromatic amines is 1. The van der Waals surface area contributed by atoms with E-state index in [1.54, 1.807) is 0 Å². The number of H-pyrrole nitrogens is 1. The number of hydrogen-bond donors (Lipinski definition) is 1. The number of carbonyl (C=O) groups excluding carboxylic acids is 1. The molecule has 3 rings (SSSR count). The van der Waals surface area contributed by atoms with Gasteiger partial charge in [-0.1, -0.05) is 39.0 Å². The Morgan fingerprint density at radius 3 is 2.43 bits per heavy atom. The van der Waals surface area contributed by atoms with Gasteiger partial charge in [0.15, 0.2) is 5.78 Å². The van der Waals surface area contributed by atoms with Crippen LogP contribution in [0.2, 0.25) is 0 Å². The molecule has 0 amide bonds. The van der Waals surface area contributed by atoms with Gasteiger partial charge in [0, 0.05) is 28.6 Å². The molecule has 0 spiro atoms. The summed E-state index contributed by atoms with van der Waals surface area (Å²) in [5, 5.41) is 1.07. The normalized spacial score (nSPS) is 23.4. The van der Waals surface area contributed by atoms with Crippen LogP contribution >= 0.6 is 0 Å². The summed E-state index contributed by atoms with van der Waals surface area (Å²) in [5.74, 6) is 1.30. The Balaban J connectivity index is 1.75. The van der Waals surface area contributed by atoms with E-state index < -0.39 is 0 Å². The molecule has 1 fully saturated rings. The molecular formula is C19H25NO. The monoisotopic (exact) mass is 283 g/mol. The lowest BCUT2D eigenvalue weighted by Crippen LogP contribution is -2.28. The molecule has 1 aromatic heterocycles. The summed E-state index contributed by atoms with van der Waals surface area (Å²) >= 11 is 0. The standard InChI is InChI=1S/C19H25NO/c1-19(2,3)14-10-8-13(9-11-14)18(21)16-12-20-17-7-5-4-6-15(16)17/h4-7,12-14,20H,8-11H2,1-3H3. The summed E-state index contributed by atoms with van der Waals surface area (Å²) in [4.78, 5) is 16.0. The van der Waals surface area contributed by atoms with E-state index in [0.29, 0.717) is 11.2 Å². The highest BCUT2D eigenvalue weighted by Gasteiger charge is 2.33. The van der Waals surface area contributed by atoms with Crippen LogP contribution in [0.1, 0.15) is 56.8 Å². The van der Waals surface area contributed by atoms with Crippen LogP contribution in [0, 0.1) is 17.3 Å². The maximum atomic E-state index is 12.8. The van der Waals surface area contributed by atoms with Crippen molar-refractivity contribution in [3.05, 3.63) is 36.0 Å². The van der Waals surface area contributed by atoms with Crippen molar-refractivity contribution in [2.45, 2.75) is 46.5 Å². The van der Waals surface area contributed by atoms with Gasteiger partial charge in [-0.15, -0.1) is 0 Å². The van der Waals surface area contributed by atoms with Gasteiger partial charge in [0.05, 0.1) is 0 Å². The van der Waals surface area contributed by atoms with Crippen molar-refractivity contribution >= 4 is 16.7 Å². The molecule has 2 aromatic rings. The molecule has 112 valence electrons. The third kappa shape index (κ3) is 2.76. The summed E-state index contributed by atoms with van der Waals surface area (Å²) in [6, 6.07) is 8.08. The maximum Gasteiger partial charge on any atom is 0.168 e. The van der Waals surface area contributed by atoms with Gasteiger partial charge in [-0.25, -0.2) is 0 Å². The van der Waals surface area contributed by atoms with Crippen molar-refractivity contribution in [2.75, 3.05) is 0 Å². The number of carbonyl (C=O) groups is 1. The fourth-order valence-electron chi connectivity index (χ4n) is 3.72. The van der Waals surface area contributed by atoms with Gasteiger partial charge in [0.2, 0.25) is 0 Å².